The van der Waals surface area contributed by atoms with E-state index in [1.54, 1.807) is 9.80 Å². The van der Waals surface area contributed by atoms with E-state index >= 15 is 0 Å². The third-order valence-corrected chi connectivity index (χ3v) is 4.15. The Morgan fingerprint density at radius 2 is 1.85 bits per heavy atom. The summed E-state index contributed by atoms with van der Waals surface area (Å²) in [5.74, 6) is 0.0430. The zero-order valence-corrected chi connectivity index (χ0v) is 12.4. The SMILES string of the molecule is CC(C)C(N)C(=O)N1CCCC1C(=O)N1CCOCC1. The Kier molecular flexibility index (Phi) is 4.99. The van der Waals surface area contributed by atoms with Crippen LogP contribution >= 0.6 is 0 Å². The van der Waals surface area contributed by atoms with E-state index in [1.165, 1.54) is 0 Å². The number of hydrogen-bond acceptors (Lipinski definition) is 4. The lowest BCUT2D eigenvalue weighted by Gasteiger charge is -2.33. The van der Waals surface area contributed by atoms with Gasteiger partial charge in [0.2, 0.25) is 11.8 Å². The maximum absolute atomic E-state index is 12.5. The van der Waals surface area contributed by atoms with E-state index in [2.05, 4.69) is 0 Å². The zero-order valence-electron chi connectivity index (χ0n) is 12.4. The first kappa shape index (κ1) is 15.3. The minimum absolute atomic E-state index is 0.0510. The smallest absolute Gasteiger partial charge is 0.245 e. The summed E-state index contributed by atoms with van der Waals surface area (Å²) >= 11 is 0. The molecule has 0 aliphatic carbocycles. The summed E-state index contributed by atoms with van der Waals surface area (Å²) in [5.41, 5.74) is 5.94. The lowest BCUT2D eigenvalue weighted by atomic mass is 10.0. The van der Waals surface area contributed by atoms with Gasteiger partial charge in [-0.25, -0.2) is 0 Å². The van der Waals surface area contributed by atoms with Crippen LogP contribution in [-0.2, 0) is 14.3 Å². The molecule has 2 heterocycles. The standard InChI is InChI=1S/C14H25N3O3/c1-10(2)12(15)14(19)17-5-3-4-11(17)13(18)16-6-8-20-9-7-16/h10-12H,3-9,15H2,1-2H3. The van der Waals surface area contributed by atoms with Gasteiger partial charge in [0.05, 0.1) is 19.3 Å². The Hall–Kier alpha value is -1.14. The first-order valence-corrected chi connectivity index (χ1v) is 7.45. The molecule has 114 valence electrons. The van der Waals surface area contributed by atoms with Crippen molar-refractivity contribution in [1.82, 2.24) is 9.80 Å². The Balaban J connectivity index is 2.02. The summed E-state index contributed by atoms with van der Waals surface area (Å²) < 4.78 is 5.26. The Morgan fingerprint density at radius 1 is 1.20 bits per heavy atom. The summed E-state index contributed by atoms with van der Waals surface area (Å²) in [6.45, 7) is 6.89. The summed E-state index contributed by atoms with van der Waals surface area (Å²) in [5, 5.41) is 0. The number of hydrogen-bond donors (Lipinski definition) is 1. The highest BCUT2D eigenvalue weighted by molar-refractivity contribution is 5.90. The summed E-state index contributed by atoms with van der Waals surface area (Å²) in [6, 6.07) is -0.849. The van der Waals surface area contributed by atoms with E-state index in [1.807, 2.05) is 13.8 Å². The number of amides is 2. The van der Waals surface area contributed by atoms with Gasteiger partial charge in [-0.05, 0) is 18.8 Å². The van der Waals surface area contributed by atoms with Gasteiger partial charge >= 0.3 is 0 Å². The molecule has 0 radical (unpaired) electrons. The molecular formula is C14H25N3O3. The molecule has 2 amide bonds. The predicted molar refractivity (Wildman–Crippen MR) is 74.9 cm³/mol. The number of carbonyl (C=O) groups excluding carboxylic acids is 2. The van der Waals surface area contributed by atoms with Crippen LogP contribution in [0, 0.1) is 5.92 Å². The summed E-state index contributed by atoms with van der Waals surface area (Å²) in [7, 11) is 0. The van der Waals surface area contributed by atoms with E-state index in [0.29, 0.717) is 32.8 Å². The maximum atomic E-state index is 12.5. The van der Waals surface area contributed by atoms with Gasteiger partial charge in [0.25, 0.3) is 0 Å². The van der Waals surface area contributed by atoms with Crippen molar-refractivity contribution in [3.8, 4) is 0 Å². The fourth-order valence-electron chi connectivity index (χ4n) is 2.76. The average molecular weight is 283 g/mol. The third kappa shape index (κ3) is 3.12. The molecule has 2 saturated heterocycles. The van der Waals surface area contributed by atoms with Gasteiger partial charge in [0.1, 0.15) is 6.04 Å². The fraction of sp³-hybridized carbons (Fsp3) is 0.857. The third-order valence-electron chi connectivity index (χ3n) is 4.15. The highest BCUT2D eigenvalue weighted by Crippen LogP contribution is 2.21. The number of ether oxygens (including phenoxy) is 1. The van der Waals surface area contributed by atoms with Gasteiger partial charge in [0, 0.05) is 19.6 Å². The Bertz CT molecular complexity index is 367. The molecule has 2 fully saturated rings. The van der Waals surface area contributed by atoms with E-state index in [4.69, 9.17) is 10.5 Å². The molecular weight excluding hydrogens is 258 g/mol. The van der Waals surface area contributed by atoms with Gasteiger partial charge in [-0.2, -0.15) is 0 Å². The van der Waals surface area contributed by atoms with Gasteiger partial charge in [-0.15, -0.1) is 0 Å². The molecule has 0 saturated carbocycles. The van der Waals surface area contributed by atoms with Crippen molar-refractivity contribution in [2.75, 3.05) is 32.8 Å². The van der Waals surface area contributed by atoms with Crippen molar-refractivity contribution in [3.63, 3.8) is 0 Å². The lowest BCUT2D eigenvalue weighted by Crippen LogP contribution is -2.54. The van der Waals surface area contributed by atoms with Gasteiger partial charge in [0.15, 0.2) is 0 Å². The van der Waals surface area contributed by atoms with Gasteiger partial charge in [-0.1, -0.05) is 13.8 Å². The highest BCUT2D eigenvalue weighted by atomic mass is 16.5. The Morgan fingerprint density at radius 3 is 2.45 bits per heavy atom. The topological polar surface area (TPSA) is 75.9 Å². The summed E-state index contributed by atoms with van der Waals surface area (Å²) in [4.78, 5) is 28.4. The van der Waals surface area contributed by atoms with Crippen molar-refractivity contribution in [3.05, 3.63) is 0 Å². The van der Waals surface area contributed by atoms with Gasteiger partial charge < -0.3 is 20.3 Å². The molecule has 6 heteroatoms. The minimum Gasteiger partial charge on any atom is -0.378 e. The molecule has 6 nitrogen and oxygen atoms in total. The molecule has 0 bridgehead atoms. The van der Waals surface area contributed by atoms with Crippen molar-refractivity contribution >= 4 is 11.8 Å². The van der Waals surface area contributed by atoms with E-state index < -0.39 is 6.04 Å². The molecule has 2 unspecified atom stereocenters. The lowest BCUT2D eigenvalue weighted by molar-refractivity contribution is -0.147. The summed E-state index contributed by atoms with van der Waals surface area (Å²) in [6.07, 6.45) is 1.62. The number of carbonyl (C=O) groups is 2. The van der Waals surface area contributed by atoms with E-state index in [0.717, 1.165) is 12.8 Å². The number of rotatable bonds is 3. The van der Waals surface area contributed by atoms with Crippen LogP contribution in [0.3, 0.4) is 0 Å². The van der Waals surface area contributed by atoms with Crippen LogP contribution in [0.15, 0.2) is 0 Å². The predicted octanol–water partition coefficient (Wildman–Crippen LogP) is -0.180. The van der Waals surface area contributed by atoms with Crippen LogP contribution in [0.25, 0.3) is 0 Å². The quantitative estimate of drug-likeness (QED) is 0.779. The van der Waals surface area contributed by atoms with Crippen molar-refractivity contribution in [1.29, 1.82) is 0 Å². The van der Waals surface area contributed by atoms with Crippen LogP contribution in [0.2, 0.25) is 0 Å². The van der Waals surface area contributed by atoms with E-state index in [9.17, 15) is 9.59 Å². The number of morpholine rings is 1. The van der Waals surface area contributed by atoms with E-state index in [-0.39, 0.29) is 23.8 Å². The van der Waals surface area contributed by atoms with Crippen molar-refractivity contribution < 1.29 is 14.3 Å². The second-order valence-electron chi connectivity index (χ2n) is 5.90. The molecule has 2 rings (SSSR count). The van der Waals surface area contributed by atoms with Crippen LogP contribution in [0.5, 0.6) is 0 Å². The molecule has 2 N–H and O–H groups in total. The second-order valence-corrected chi connectivity index (χ2v) is 5.90. The zero-order chi connectivity index (χ0) is 14.7. The molecule has 20 heavy (non-hydrogen) atoms. The molecule has 2 aliphatic heterocycles. The van der Waals surface area contributed by atoms with Crippen molar-refractivity contribution in [2.24, 2.45) is 11.7 Å². The molecule has 0 spiro atoms. The van der Waals surface area contributed by atoms with Crippen molar-refractivity contribution in [2.45, 2.75) is 38.8 Å². The molecule has 0 aromatic rings. The Labute approximate surface area is 120 Å². The molecule has 2 atom stereocenters. The minimum atomic E-state index is -0.520. The number of nitrogens with two attached hydrogens (primary N) is 1. The van der Waals surface area contributed by atoms with Crippen LogP contribution in [-0.4, -0.2) is 66.5 Å². The fourth-order valence-corrected chi connectivity index (χ4v) is 2.76. The first-order valence-electron chi connectivity index (χ1n) is 7.45. The average Bonchev–Trinajstić information content (AvgIpc) is 2.95. The number of nitrogens with zero attached hydrogens (tertiary/aromatic N) is 2. The normalized spacial score (nSPS) is 25.1. The number of likely N-dealkylation sites (tertiary alicyclic amines) is 1. The molecule has 0 aromatic heterocycles. The monoisotopic (exact) mass is 283 g/mol. The maximum Gasteiger partial charge on any atom is 0.245 e. The molecule has 0 aromatic carbocycles. The van der Waals surface area contributed by atoms with Crippen LogP contribution < -0.4 is 5.73 Å². The first-order chi connectivity index (χ1) is 9.52. The second kappa shape index (κ2) is 6.54. The van der Waals surface area contributed by atoms with Gasteiger partial charge in [-0.3, -0.25) is 9.59 Å². The van der Waals surface area contributed by atoms with Crippen LogP contribution in [0.1, 0.15) is 26.7 Å². The van der Waals surface area contributed by atoms with Crippen LogP contribution in [0.4, 0.5) is 0 Å². The molecule has 2 aliphatic rings. The highest BCUT2D eigenvalue weighted by Gasteiger charge is 2.38. The largest absolute Gasteiger partial charge is 0.378 e.